The lowest BCUT2D eigenvalue weighted by molar-refractivity contribution is 0.983. The summed E-state index contributed by atoms with van der Waals surface area (Å²) in [6.07, 6.45) is 2.52. The minimum atomic E-state index is 0.935. The maximum absolute atomic E-state index is 3.13. The molecule has 1 atom stereocenters. The standard InChI is InChI=1S/C6H12NP/c1-5-3-6(5)8-4-7-2/h5,7H,3-4H2,1-2H3. The molecule has 1 aliphatic rings. The Kier molecular flexibility index (Phi) is 2.04. The van der Waals surface area contributed by atoms with E-state index in [-0.39, 0.29) is 0 Å². The summed E-state index contributed by atoms with van der Waals surface area (Å²) in [5, 5.41) is 4.85. The van der Waals surface area contributed by atoms with Crippen LogP contribution < -0.4 is 5.32 Å². The molecule has 0 saturated heterocycles. The molecule has 0 aromatic rings. The van der Waals surface area contributed by atoms with Crippen LogP contribution in [0.4, 0.5) is 0 Å². The molecule has 0 aromatic heterocycles. The molecule has 1 saturated carbocycles. The Balaban J connectivity index is 2.16. The first-order valence-corrected chi connectivity index (χ1v) is 4.10. The fourth-order valence-corrected chi connectivity index (χ4v) is 1.73. The third kappa shape index (κ3) is 1.57. The summed E-state index contributed by atoms with van der Waals surface area (Å²) < 4.78 is 0. The van der Waals surface area contributed by atoms with Gasteiger partial charge in [-0.25, -0.2) is 0 Å². The molecule has 0 aromatic carbocycles. The molecule has 2 heteroatoms. The summed E-state index contributed by atoms with van der Waals surface area (Å²) in [5.41, 5.74) is 0. The topological polar surface area (TPSA) is 12.0 Å². The predicted molar refractivity (Wildman–Crippen MR) is 39.6 cm³/mol. The second-order valence-electron chi connectivity index (χ2n) is 2.27. The lowest BCUT2D eigenvalue weighted by atomic mass is 10.5. The van der Waals surface area contributed by atoms with Crippen molar-refractivity contribution in [2.24, 2.45) is 5.92 Å². The van der Waals surface area contributed by atoms with Gasteiger partial charge in [0.2, 0.25) is 0 Å². The van der Waals surface area contributed by atoms with Crippen molar-refractivity contribution in [3.8, 4) is 0 Å². The van der Waals surface area contributed by atoms with Crippen molar-refractivity contribution in [3.05, 3.63) is 0 Å². The number of nitrogens with one attached hydrogen (secondary N) is 1. The monoisotopic (exact) mass is 129 g/mol. The molecule has 0 bridgehead atoms. The molecule has 0 spiro atoms. The molecular formula is C6H12NP. The highest BCUT2D eigenvalue weighted by molar-refractivity contribution is 7.41. The second-order valence-corrected chi connectivity index (χ2v) is 3.47. The van der Waals surface area contributed by atoms with E-state index in [0.717, 1.165) is 12.2 Å². The zero-order valence-electron chi connectivity index (χ0n) is 5.44. The van der Waals surface area contributed by atoms with Crippen molar-refractivity contribution < 1.29 is 0 Å². The molecule has 1 rings (SSSR count). The molecule has 8 heavy (non-hydrogen) atoms. The largest absolute Gasteiger partial charge is 0.312 e. The molecule has 1 unspecified atom stereocenters. The average molecular weight is 129 g/mol. The van der Waals surface area contributed by atoms with Gasteiger partial charge in [0.15, 0.2) is 0 Å². The first-order chi connectivity index (χ1) is 3.84. The number of hydrogen-bond acceptors (Lipinski definition) is 1. The van der Waals surface area contributed by atoms with Crippen molar-refractivity contribution >= 4 is 13.5 Å². The molecule has 0 aliphatic heterocycles. The van der Waals surface area contributed by atoms with Crippen LogP contribution in [0, 0.1) is 5.92 Å². The summed E-state index contributed by atoms with van der Waals surface area (Å²) in [6.45, 7) is 2.29. The van der Waals surface area contributed by atoms with Crippen LogP contribution in [0.15, 0.2) is 0 Å². The normalized spacial score (nSPS) is 31.2. The van der Waals surface area contributed by atoms with Gasteiger partial charge in [-0.15, -0.1) is 0 Å². The van der Waals surface area contributed by atoms with E-state index in [1.165, 1.54) is 14.6 Å². The van der Waals surface area contributed by atoms with E-state index in [1.54, 1.807) is 5.29 Å². The lowest BCUT2D eigenvalue weighted by Crippen LogP contribution is -2.00. The average Bonchev–Trinajstić information content (AvgIpc) is 2.42. The fraction of sp³-hybridized carbons (Fsp3) is 0.833. The van der Waals surface area contributed by atoms with E-state index in [1.807, 2.05) is 7.05 Å². The van der Waals surface area contributed by atoms with Gasteiger partial charge in [-0.2, -0.15) is 0 Å². The van der Waals surface area contributed by atoms with Crippen molar-refractivity contribution in [2.75, 3.05) is 13.3 Å². The Bertz CT molecular complexity index is 109. The van der Waals surface area contributed by atoms with Crippen LogP contribution in [0.25, 0.3) is 0 Å². The maximum Gasteiger partial charge on any atom is 0.0374 e. The SMILES string of the molecule is CNC/P=C1\CC1C. The minimum Gasteiger partial charge on any atom is -0.312 e. The Morgan fingerprint density at radius 3 is 2.88 bits per heavy atom. The quantitative estimate of drug-likeness (QED) is 0.554. The first-order valence-electron chi connectivity index (χ1n) is 3.02. The summed E-state index contributed by atoms with van der Waals surface area (Å²) in [4.78, 5) is 0. The van der Waals surface area contributed by atoms with Gasteiger partial charge in [-0.3, -0.25) is 0 Å². The second kappa shape index (κ2) is 2.61. The van der Waals surface area contributed by atoms with Crippen molar-refractivity contribution in [2.45, 2.75) is 13.3 Å². The maximum atomic E-state index is 3.13. The van der Waals surface area contributed by atoms with E-state index < -0.39 is 0 Å². The Morgan fingerprint density at radius 2 is 2.50 bits per heavy atom. The van der Waals surface area contributed by atoms with Crippen LogP contribution in [-0.2, 0) is 0 Å². The number of hydrogen-bond donors (Lipinski definition) is 1. The van der Waals surface area contributed by atoms with Gasteiger partial charge in [0.1, 0.15) is 0 Å². The molecule has 1 aliphatic carbocycles. The molecule has 0 heterocycles. The predicted octanol–water partition coefficient (Wildman–Crippen LogP) is 1.32. The van der Waals surface area contributed by atoms with Gasteiger partial charge in [0.25, 0.3) is 0 Å². The third-order valence-corrected chi connectivity index (χ3v) is 2.87. The molecule has 1 fully saturated rings. The van der Waals surface area contributed by atoms with Crippen LogP contribution in [0.1, 0.15) is 13.3 Å². The Hall–Kier alpha value is 0.130. The van der Waals surface area contributed by atoms with Gasteiger partial charge >= 0.3 is 0 Å². The highest BCUT2D eigenvalue weighted by atomic mass is 31.1. The van der Waals surface area contributed by atoms with Crippen molar-refractivity contribution in [1.29, 1.82) is 0 Å². The van der Waals surface area contributed by atoms with E-state index in [2.05, 4.69) is 12.2 Å². The Morgan fingerprint density at radius 1 is 1.88 bits per heavy atom. The summed E-state index contributed by atoms with van der Waals surface area (Å²) in [6, 6.07) is 0. The summed E-state index contributed by atoms with van der Waals surface area (Å²) in [7, 11) is 3.52. The highest BCUT2D eigenvalue weighted by Crippen LogP contribution is 2.29. The van der Waals surface area contributed by atoms with Gasteiger partial charge in [-0.1, -0.05) is 15.1 Å². The fourth-order valence-electron chi connectivity index (χ4n) is 0.656. The van der Waals surface area contributed by atoms with Crippen LogP contribution in [0.3, 0.4) is 0 Å². The third-order valence-electron chi connectivity index (χ3n) is 1.36. The van der Waals surface area contributed by atoms with Crippen molar-refractivity contribution in [1.82, 2.24) is 5.32 Å². The van der Waals surface area contributed by atoms with E-state index in [0.29, 0.717) is 0 Å². The molecule has 0 radical (unpaired) electrons. The molecule has 46 valence electrons. The van der Waals surface area contributed by atoms with E-state index in [9.17, 15) is 0 Å². The smallest absolute Gasteiger partial charge is 0.0374 e. The van der Waals surface area contributed by atoms with Gasteiger partial charge in [0, 0.05) is 6.29 Å². The number of rotatable bonds is 2. The molecule has 0 amide bonds. The van der Waals surface area contributed by atoms with Gasteiger partial charge in [0.05, 0.1) is 0 Å². The van der Waals surface area contributed by atoms with Crippen LogP contribution in [-0.4, -0.2) is 18.6 Å². The lowest BCUT2D eigenvalue weighted by Gasteiger charge is -1.83. The van der Waals surface area contributed by atoms with Crippen molar-refractivity contribution in [3.63, 3.8) is 0 Å². The molecule has 1 N–H and O–H groups in total. The van der Waals surface area contributed by atoms with Gasteiger partial charge < -0.3 is 5.32 Å². The zero-order valence-corrected chi connectivity index (χ0v) is 6.33. The molecule has 1 nitrogen and oxygen atoms in total. The minimum absolute atomic E-state index is 0.935. The van der Waals surface area contributed by atoms with Crippen LogP contribution in [0.2, 0.25) is 0 Å². The summed E-state index contributed by atoms with van der Waals surface area (Å²) in [5.74, 6) is 0.935. The molecular weight excluding hydrogens is 117 g/mol. The Labute approximate surface area is 52.3 Å². The van der Waals surface area contributed by atoms with Gasteiger partial charge in [-0.05, 0) is 24.7 Å². The highest BCUT2D eigenvalue weighted by Gasteiger charge is 2.23. The van der Waals surface area contributed by atoms with Crippen LogP contribution >= 0.6 is 8.20 Å². The van der Waals surface area contributed by atoms with Crippen LogP contribution in [0.5, 0.6) is 0 Å². The zero-order chi connectivity index (χ0) is 5.98. The first kappa shape index (κ1) is 6.25. The summed E-state index contributed by atoms with van der Waals surface area (Å²) >= 11 is 0. The van der Waals surface area contributed by atoms with E-state index in [4.69, 9.17) is 0 Å². The van der Waals surface area contributed by atoms with E-state index >= 15 is 0 Å².